The van der Waals surface area contributed by atoms with E-state index in [-0.39, 0.29) is 10.7 Å². The third-order valence-electron chi connectivity index (χ3n) is 3.90. The number of nitrogens with one attached hydrogen (secondary N) is 2. The lowest BCUT2D eigenvalue weighted by Gasteiger charge is -2.11. The third kappa shape index (κ3) is 3.70. The molecule has 7 nitrogen and oxygen atoms in total. The highest BCUT2D eigenvalue weighted by atomic mass is 32.2. The van der Waals surface area contributed by atoms with Gasteiger partial charge in [0, 0.05) is 5.69 Å². The number of nitrogens with zero attached hydrogens (tertiary/aromatic N) is 2. The minimum absolute atomic E-state index is 0.0509. The molecular formula is C18H20N4O3S. The fourth-order valence-electron chi connectivity index (χ4n) is 2.68. The van der Waals surface area contributed by atoms with Crippen molar-refractivity contribution in [3.8, 4) is 0 Å². The third-order valence-corrected chi connectivity index (χ3v) is 5.52. The predicted octanol–water partition coefficient (Wildman–Crippen LogP) is 3.85. The van der Waals surface area contributed by atoms with Crippen LogP contribution in [0.25, 0.3) is 0 Å². The van der Waals surface area contributed by atoms with E-state index in [2.05, 4.69) is 26.2 Å². The van der Waals surface area contributed by atoms with E-state index in [1.165, 1.54) is 11.8 Å². The summed E-state index contributed by atoms with van der Waals surface area (Å²) in [6, 6.07) is 9.44. The van der Waals surface area contributed by atoms with Gasteiger partial charge in [0.15, 0.2) is 10.7 Å². The number of anilines is 3. The van der Waals surface area contributed by atoms with Crippen molar-refractivity contribution in [2.45, 2.75) is 32.6 Å². The number of aromatic nitrogens is 2. The molecule has 26 heavy (non-hydrogen) atoms. The number of hydrogen-bond donors (Lipinski definition) is 2. The van der Waals surface area contributed by atoms with Crippen LogP contribution in [0.15, 0.2) is 45.9 Å². The molecule has 2 N–H and O–H groups in total. The minimum atomic E-state index is -3.78. The fraction of sp³-hybridized carbons (Fsp3) is 0.222. The summed E-state index contributed by atoms with van der Waals surface area (Å²) in [5, 5.41) is 6.90. The zero-order chi connectivity index (χ0) is 18.9. The molecule has 1 aromatic carbocycles. The lowest BCUT2D eigenvalue weighted by molar-refractivity contribution is 0.390. The zero-order valence-corrected chi connectivity index (χ0v) is 15.8. The quantitative estimate of drug-likeness (QED) is 0.706. The van der Waals surface area contributed by atoms with E-state index in [4.69, 9.17) is 4.52 Å². The van der Waals surface area contributed by atoms with E-state index >= 15 is 0 Å². The molecular weight excluding hydrogens is 352 g/mol. The number of hydrogen-bond acceptors (Lipinski definition) is 6. The van der Waals surface area contributed by atoms with Gasteiger partial charge in [-0.15, -0.1) is 0 Å². The van der Waals surface area contributed by atoms with Gasteiger partial charge in [-0.3, -0.25) is 4.72 Å². The van der Waals surface area contributed by atoms with Gasteiger partial charge in [-0.25, -0.2) is 13.4 Å². The Morgan fingerprint density at radius 1 is 1.04 bits per heavy atom. The van der Waals surface area contributed by atoms with Gasteiger partial charge in [0.2, 0.25) is 0 Å². The summed E-state index contributed by atoms with van der Waals surface area (Å²) in [7, 11) is -3.78. The number of sulfonamides is 1. The molecule has 136 valence electrons. The summed E-state index contributed by atoms with van der Waals surface area (Å²) in [6.45, 7) is 7.19. The molecule has 0 saturated carbocycles. The van der Waals surface area contributed by atoms with Gasteiger partial charge in [-0.05, 0) is 51.5 Å². The topological polar surface area (TPSA) is 97.1 Å². The van der Waals surface area contributed by atoms with Crippen LogP contribution >= 0.6 is 0 Å². The highest BCUT2D eigenvalue weighted by Crippen LogP contribution is 2.24. The van der Waals surface area contributed by atoms with Crippen LogP contribution in [0.3, 0.4) is 0 Å². The predicted molar refractivity (Wildman–Crippen MR) is 100 cm³/mol. The Hall–Kier alpha value is -2.87. The van der Waals surface area contributed by atoms with Crippen molar-refractivity contribution in [1.29, 1.82) is 0 Å². The molecule has 0 spiro atoms. The van der Waals surface area contributed by atoms with Crippen LogP contribution in [0.1, 0.15) is 22.6 Å². The SMILES string of the molecule is Cc1ccc(Nc2ccc(NS(=O)(=O)c3c(C)noc3C)cn2)c(C)c1. The largest absolute Gasteiger partial charge is 0.360 e. The van der Waals surface area contributed by atoms with E-state index in [1.54, 1.807) is 26.0 Å². The Bertz CT molecular complexity index is 1020. The minimum Gasteiger partial charge on any atom is -0.360 e. The van der Waals surface area contributed by atoms with Crippen molar-refractivity contribution in [3.05, 3.63) is 59.1 Å². The zero-order valence-electron chi connectivity index (χ0n) is 15.0. The molecule has 0 aliphatic carbocycles. The Morgan fingerprint density at radius 2 is 1.81 bits per heavy atom. The molecule has 0 aliphatic heterocycles. The van der Waals surface area contributed by atoms with Crippen LogP contribution < -0.4 is 10.0 Å². The summed E-state index contributed by atoms with van der Waals surface area (Å²) >= 11 is 0. The molecule has 0 atom stereocenters. The summed E-state index contributed by atoms with van der Waals surface area (Å²) < 4.78 is 32.4. The number of benzene rings is 1. The molecule has 3 aromatic rings. The lowest BCUT2D eigenvalue weighted by Crippen LogP contribution is -2.14. The summed E-state index contributed by atoms with van der Waals surface area (Å²) in [6.07, 6.45) is 1.46. The maximum absolute atomic E-state index is 12.5. The molecule has 0 unspecified atom stereocenters. The smallest absolute Gasteiger partial charge is 0.267 e. The van der Waals surface area contributed by atoms with E-state index in [0.29, 0.717) is 17.2 Å². The van der Waals surface area contributed by atoms with E-state index in [9.17, 15) is 8.42 Å². The molecule has 0 radical (unpaired) electrons. The average molecular weight is 372 g/mol. The lowest BCUT2D eigenvalue weighted by atomic mass is 10.1. The van der Waals surface area contributed by atoms with Gasteiger partial charge in [0.25, 0.3) is 10.0 Å². The van der Waals surface area contributed by atoms with Crippen molar-refractivity contribution in [2.75, 3.05) is 10.0 Å². The maximum atomic E-state index is 12.5. The number of pyridine rings is 1. The maximum Gasteiger partial charge on any atom is 0.267 e. The number of aryl methyl sites for hydroxylation is 4. The monoisotopic (exact) mass is 372 g/mol. The molecule has 2 aromatic heterocycles. The van der Waals surface area contributed by atoms with Crippen LogP contribution in [0.4, 0.5) is 17.2 Å². The molecule has 0 saturated heterocycles. The Balaban J connectivity index is 1.77. The van der Waals surface area contributed by atoms with E-state index in [0.717, 1.165) is 11.3 Å². The Labute approximate surface area is 152 Å². The summed E-state index contributed by atoms with van der Waals surface area (Å²) in [5.74, 6) is 0.869. The first-order valence-corrected chi connectivity index (χ1v) is 9.50. The molecule has 0 amide bonds. The van der Waals surface area contributed by atoms with Crippen LogP contribution in [0.2, 0.25) is 0 Å². The first-order chi connectivity index (χ1) is 12.3. The van der Waals surface area contributed by atoms with Crippen LogP contribution in [0.5, 0.6) is 0 Å². The second kappa shape index (κ2) is 6.80. The second-order valence-electron chi connectivity index (χ2n) is 6.13. The second-order valence-corrected chi connectivity index (χ2v) is 7.75. The fourth-order valence-corrected chi connectivity index (χ4v) is 4.06. The van der Waals surface area contributed by atoms with Gasteiger partial charge in [-0.1, -0.05) is 22.9 Å². The van der Waals surface area contributed by atoms with Gasteiger partial charge < -0.3 is 9.84 Å². The van der Waals surface area contributed by atoms with E-state index < -0.39 is 10.0 Å². The van der Waals surface area contributed by atoms with Crippen LogP contribution in [-0.2, 0) is 10.0 Å². The number of rotatable bonds is 5. The average Bonchev–Trinajstić information content (AvgIpc) is 2.91. The Morgan fingerprint density at radius 3 is 2.38 bits per heavy atom. The first-order valence-electron chi connectivity index (χ1n) is 8.02. The van der Waals surface area contributed by atoms with Crippen molar-refractivity contribution in [3.63, 3.8) is 0 Å². The summed E-state index contributed by atoms with van der Waals surface area (Å²) in [4.78, 5) is 4.32. The Kier molecular flexibility index (Phi) is 4.69. The highest BCUT2D eigenvalue weighted by Gasteiger charge is 2.24. The molecule has 3 rings (SSSR count). The van der Waals surface area contributed by atoms with Crippen LogP contribution in [0, 0.1) is 27.7 Å². The van der Waals surface area contributed by atoms with Gasteiger partial charge in [0.1, 0.15) is 11.5 Å². The first kappa shape index (κ1) is 17.9. The van der Waals surface area contributed by atoms with Crippen molar-refractivity contribution in [2.24, 2.45) is 0 Å². The van der Waals surface area contributed by atoms with Gasteiger partial charge in [0.05, 0.1) is 11.9 Å². The van der Waals surface area contributed by atoms with Crippen LogP contribution in [-0.4, -0.2) is 18.6 Å². The molecule has 0 fully saturated rings. The summed E-state index contributed by atoms with van der Waals surface area (Å²) in [5.41, 5.74) is 3.92. The van der Waals surface area contributed by atoms with Gasteiger partial charge in [-0.2, -0.15) is 0 Å². The molecule has 8 heteroatoms. The molecule has 0 bridgehead atoms. The molecule has 2 heterocycles. The standard InChI is InChI=1S/C18H20N4O3S/c1-11-5-7-16(12(2)9-11)20-17-8-6-15(10-19-17)22-26(23,24)18-13(3)21-25-14(18)4/h5-10,22H,1-4H3,(H,19,20). The van der Waals surface area contributed by atoms with Crippen molar-refractivity contribution >= 4 is 27.2 Å². The normalized spacial score (nSPS) is 11.4. The molecule has 0 aliphatic rings. The van der Waals surface area contributed by atoms with Crippen molar-refractivity contribution in [1.82, 2.24) is 10.1 Å². The van der Waals surface area contributed by atoms with E-state index in [1.807, 2.05) is 26.0 Å². The van der Waals surface area contributed by atoms with Gasteiger partial charge >= 0.3 is 0 Å². The highest BCUT2D eigenvalue weighted by molar-refractivity contribution is 7.92. The van der Waals surface area contributed by atoms with Crippen molar-refractivity contribution < 1.29 is 12.9 Å².